The summed E-state index contributed by atoms with van der Waals surface area (Å²) in [7, 11) is -3.71. The molecule has 0 bridgehead atoms. The van der Waals surface area contributed by atoms with Gasteiger partial charge in [0.1, 0.15) is 16.4 Å². The Labute approximate surface area is 115 Å². The molecule has 0 unspecified atom stereocenters. The summed E-state index contributed by atoms with van der Waals surface area (Å²) in [4.78, 5) is 4.71. The maximum absolute atomic E-state index is 12.2. The van der Waals surface area contributed by atoms with Gasteiger partial charge in [0.25, 0.3) is 0 Å². The summed E-state index contributed by atoms with van der Waals surface area (Å²) in [6.45, 7) is 2.98. The molecule has 0 aromatic carbocycles. The third-order valence-electron chi connectivity index (χ3n) is 2.67. The molecular weight excluding hydrogens is 288 g/mol. The molecule has 0 aliphatic carbocycles. The number of nitrogens with zero attached hydrogens (tertiary/aromatic N) is 1. The number of rotatable bonds is 5. The summed E-state index contributed by atoms with van der Waals surface area (Å²) >= 11 is 1.37. The SMILES string of the molecule is Cc1oc(C)c(S(=O)(=O)NCc2cncs2)c1CO. The molecule has 2 heterocycles. The van der Waals surface area contributed by atoms with Crippen molar-refractivity contribution in [2.45, 2.75) is 31.9 Å². The van der Waals surface area contributed by atoms with E-state index in [0.717, 1.165) is 4.88 Å². The molecule has 0 spiro atoms. The number of hydrogen-bond acceptors (Lipinski definition) is 6. The van der Waals surface area contributed by atoms with Gasteiger partial charge in [-0.1, -0.05) is 0 Å². The van der Waals surface area contributed by atoms with Crippen LogP contribution in [-0.2, 0) is 23.2 Å². The van der Waals surface area contributed by atoms with Crippen LogP contribution in [0.25, 0.3) is 0 Å². The highest BCUT2D eigenvalue weighted by Crippen LogP contribution is 2.26. The van der Waals surface area contributed by atoms with Gasteiger partial charge in [-0.25, -0.2) is 13.1 Å². The minimum absolute atomic E-state index is 0.0250. The van der Waals surface area contributed by atoms with Crippen LogP contribution in [0, 0.1) is 13.8 Å². The summed E-state index contributed by atoms with van der Waals surface area (Å²) in [6.07, 6.45) is 1.60. The van der Waals surface area contributed by atoms with Gasteiger partial charge in [-0.15, -0.1) is 11.3 Å². The van der Waals surface area contributed by atoms with Crippen LogP contribution in [-0.4, -0.2) is 18.5 Å². The molecule has 0 amide bonds. The zero-order valence-electron chi connectivity index (χ0n) is 10.5. The summed E-state index contributed by atoms with van der Waals surface area (Å²) in [5.41, 5.74) is 1.94. The molecule has 104 valence electrons. The average molecular weight is 302 g/mol. The maximum Gasteiger partial charge on any atom is 0.244 e. The summed E-state index contributed by atoms with van der Waals surface area (Å²) in [5.74, 6) is 0.691. The Morgan fingerprint density at radius 3 is 2.74 bits per heavy atom. The van der Waals surface area contributed by atoms with Crippen LogP contribution in [0.5, 0.6) is 0 Å². The number of aliphatic hydroxyl groups excluding tert-OH is 1. The van der Waals surface area contributed by atoms with Gasteiger partial charge >= 0.3 is 0 Å². The fraction of sp³-hybridized carbons (Fsp3) is 0.364. The van der Waals surface area contributed by atoms with Gasteiger partial charge in [-0.3, -0.25) is 4.98 Å². The molecule has 0 aliphatic heterocycles. The molecule has 6 nitrogen and oxygen atoms in total. The average Bonchev–Trinajstić information content (AvgIpc) is 2.94. The monoisotopic (exact) mass is 302 g/mol. The van der Waals surface area contributed by atoms with Crippen molar-refractivity contribution in [1.29, 1.82) is 0 Å². The molecule has 8 heteroatoms. The second-order valence-electron chi connectivity index (χ2n) is 3.97. The van der Waals surface area contributed by atoms with Crippen LogP contribution in [0.2, 0.25) is 0 Å². The minimum Gasteiger partial charge on any atom is -0.465 e. The molecule has 0 radical (unpaired) electrons. The molecule has 0 fully saturated rings. The van der Waals surface area contributed by atoms with Crippen LogP contribution in [0.3, 0.4) is 0 Å². The minimum atomic E-state index is -3.71. The molecule has 2 N–H and O–H groups in total. The van der Waals surface area contributed by atoms with Crippen molar-refractivity contribution >= 4 is 21.4 Å². The molecule has 19 heavy (non-hydrogen) atoms. The molecular formula is C11H14N2O4S2. The second kappa shape index (κ2) is 5.41. The Bertz CT molecular complexity index is 659. The number of sulfonamides is 1. The normalized spacial score (nSPS) is 11.9. The lowest BCUT2D eigenvalue weighted by molar-refractivity contribution is 0.276. The number of furan rings is 1. The first-order chi connectivity index (χ1) is 8.95. The number of aliphatic hydroxyl groups is 1. The lowest BCUT2D eigenvalue weighted by atomic mass is 10.2. The van der Waals surface area contributed by atoms with E-state index >= 15 is 0 Å². The summed E-state index contributed by atoms with van der Waals surface area (Å²) in [6, 6.07) is 0. The van der Waals surface area contributed by atoms with Crippen molar-refractivity contribution in [3.63, 3.8) is 0 Å². The molecule has 2 rings (SSSR count). The number of thiazole rings is 1. The number of hydrogen-bond donors (Lipinski definition) is 2. The Morgan fingerprint density at radius 2 is 2.16 bits per heavy atom. The van der Waals surface area contributed by atoms with E-state index in [9.17, 15) is 13.5 Å². The van der Waals surface area contributed by atoms with E-state index in [2.05, 4.69) is 9.71 Å². The first kappa shape index (κ1) is 14.2. The van der Waals surface area contributed by atoms with E-state index in [1.54, 1.807) is 25.6 Å². The van der Waals surface area contributed by atoms with Gasteiger partial charge in [0.05, 0.1) is 12.1 Å². The van der Waals surface area contributed by atoms with Crippen molar-refractivity contribution in [3.05, 3.63) is 33.7 Å². The Morgan fingerprint density at radius 1 is 1.42 bits per heavy atom. The van der Waals surface area contributed by atoms with Crippen molar-refractivity contribution in [2.24, 2.45) is 0 Å². The van der Waals surface area contributed by atoms with Crippen molar-refractivity contribution in [1.82, 2.24) is 9.71 Å². The van der Waals surface area contributed by atoms with E-state index in [-0.39, 0.29) is 23.8 Å². The molecule has 2 aromatic rings. The summed E-state index contributed by atoms with van der Waals surface area (Å²) in [5, 5.41) is 9.27. The van der Waals surface area contributed by atoms with E-state index in [1.165, 1.54) is 11.3 Å². The van der Waals surface area contributed by atoms with Gasteiger partial charge in [-0.05, 0) is 13.8 Å². The standard InChI is InChI=1S/C11H14N2O4S2/c1-7-10(5-14)11(8(2)17-7)19(15,16)13-4-9-3-12-6-18-9/h3,6,13-14H,4-5H2,1-2H3. The first-order valence-electron chi connectivity index (χ1n) is 5.52. The van der Waals surface area contributed by atoms with Gasteiger partial charge < -0.3 is 9.52 Å². The van der Waals surface area contributed by atoms with Crippen LogP contribution in [0.15, 0.2) is 21.0 Å². The zero-order valence-corrected chi connectivity index (χ0v) is 12.1. The van der Waals surface area contributed by atoms with Crippen LogP contribution >= 0.6 is 11.3 Å². The Kier molecular flexibility index (Phi) is 4.04. The molecule has 0 aliphatic rings. The van der Waals surface area contributed by atoms with Gasteiger partial charge in [0.2, 0.25) is 10.0 Å². The maximum atomic E-state index is 12.2. The van der Waals surface area contributed by atoms with Crippen molar-refractivity contribution in [2.75, 3.05) is 0 Å². The fourth-order valence-electron chi connectivity index (χ4n) is 1.81. The highest BCUT2D eigenvalue weighted by molar-refractivity contribution is 7.89. The zero-order chi connectivity index (χ0) is 14.0. The predicted molar refractivity (Wildman–Crippen MR) is 70.2 cm³/mol. The predicted octanol–water partition coefficient (Wildman–Crippen LogP) is 1.32. The smallest absolute Gasteiger partial charge is 0.244 e. The molecule has 0 atom stereocenters. The van der Waals surface area contributed by atoms with E-state index < -0.39 is 10.0 Å². The summed E-state index contributed by atoms with van der Waals surface area (Å²) < 4.78 is 32.2. The first-order valence-corrected chi connectivity index (χ1v) is 7.88. The lowest BCUT2D eigenvalue weighted by Crippen LogP contribution is -2.24. The largest absolute Gasteiger partial charge is 0.465 e. The highest BCUT2D eigenvalue weighted by Gasteiger charge is 2.26. The van der Waals surface area contributed by atoms with Crippen molar-refractivity contribution in [3.8, 4) is 0 Å². The van der Waals surface area contributed by atoms with E-state index in [1.807, 2.05) is 0 Å². The van der Waals surface area contributed by atoms with Crippen LogP contribution in [0.1, 0.15) is 22.0 Å². The van der Waals surface area contributed by atoms with E-state index in [4.69, 9.17) is 4.42 Å². The van der Waals surface area contributed by atoms with Crippen LogP contribution in [0.4, 0.5) is 0 Å². The molecule has 2 aromatic heterocycles. The Hall–Kier alpha value is -1.22. The van der Waals surface area contributed by atoms with Gasteiger partial charge in [0, 0.05) is 23.2 Å². The molecule has 0 saturated carbocycles. The fourth-order valence-corrected chi connectivity index (χ4v) is 3.88. The van der Waals surface area contributed by atoms with Gasteiger partial charge in [-0.2, -0.15) is 0 Å². The quantitative estimate of drug-likeness (QED) is 0.869. The highest BCUT2D eigenvalue weighted by atomic mass is 32.2. The van der Waals surface area contributed by atoms with E-state index in [0.29, 0.717) is 11.3 Å². The topological polar surface area (TPSA) is 92.4 Å². The Balaban J connectivity index is 2.29. The second-order valence-corrected chi connectivity index (χ2v) is 6.65. The number of nitrogens with one attached hydrogen (secondary N) is 1. The van der Waals surface area contributed by atoms with Gasteiger partial charge in [0.15, 0.2) is 0 Å². The third-order valence-corrected chi connectivity index (χ3v) is 5.05. The van der Waals surface area contributed by atoms with Crippen molar-refractivity contribution < 1.29 is 17.9 Å². The molecule has 0 saturated heterocycles. The third kappa shape index (κ3) is 2.86. The number of aryl methyl sites for hydroxylation is 2. The van der Waals surface area contributed by atoms with Crippen LogP contribution < -0.4 is 4.72 Å². The number of aromatic nitrogens is 1. The lowest BCUT2D eigenvalue weighted by Gasteiger charge is -2.06.